The van der Waals surface area contributed by atoms with E-state index >= 15 is 0 Å². The third kappa shape index (κ3) is 5.32. The molecule has 12 heteroatoms. The number of amides is 2. The van der Waals surface area contributed by atoms with Crippen LogP contribution in [0.3, 0.4) is 0 Å². The number of sulfone groups is 1. The van der Waals surface area contributed by atoms with Gasteiger partial charge >= 0.3 is 6.18 Å². The molecular weight excluding hydrogens is 502 g/mol. The van der Waals surface area contributed by atoms with Crippen LogP contribution in [-0.2, 0) is 20.8 Å². The highest BCUT2D eigenvalue weighted by Gasteiger charge is 2.40. The lowest BCUT2D eigenvalue weighted by Crippen LogP contribution is -2.47. The number of nitrogens with one attached hydrogen (secondary N) is 1. The predicted molar refractivity (Wildman–Crippen MR) is 123 cm³/mol. The summed E-state index contributed by atoms with van der Waals surface area (Å²) in [5.74, 6) is -2.28. The molecule has 1 aliphatic heterocycles. The van der Waals surface area contributed by atoms with Crippen molar-refractivity contribution in [1.29, 1.82) is 0 Å². The monoisotopic (exact) mass is 527 g/mol. The summed E-state index contributed by atoms with van der Waals surface area (Å²) in [6, 6.07) is 4.39. The summed E-state index contributed by atoms with van der Waals surface area (Å²) in [6.07, 6.45) is -1.52. The molecule has 3 N–H and O–H groups in total. The zero-order valence-electron chi connectivity index (χ0n) is 19.3. The van der Waals surface area contributed by atoms with Crippen LogP contribution in [0.1, 0.15) is 53.2 Å². The number of nitrogens with two attached hydrogens (primary N) is 1. The average molecular weight is 528 g/mol. The maximum Gasteiger partial charge on any atom is 0.416 e. The molecule has 1 aliphatic carbocycles. The molecule has 2 aromatic rings. The van der Waals surface area contributed by atoms with Crippen molar-refractivity contribution in [2.75, 3.05) is 18.5 Å². The molecule has 0 bridgehead atoms. The lowest BCUT2D eigenvalue weighted by atomic mass is 9.99. The molecule has 1 saturated carbocycles. The molecule has 0 aromatic heterocycles. The minimum atomic E-state index is -4.69. The first-order valence-electron chi connectivity index (χ1n) is 11.3. The van der Waals surface area contributed by atoms with Crippen molar-refractivity contribution < 1.29 is 35.6 Å². The van der Waals surface area contributed by atoms with E-state index < -0.39 is 51.3 Å². The second kappa shape index (κ2) is 9.38. The highest BCUT2D eigenvalue weighted by atomic mass is 32.2. The highest BCUT2D eigenvalue weighted by molar-refractivity contribution is 7.90. The average Bonchev–Trinajstić information content (AvgIpc) is 3.51. The largest absolute Gasteiger partial charge is 0.416 e. The van der Waals surface area contributed by atoms with Gasteiger partial charge in [-0.2, -0.15) is 13.2 Å². The zero-order chi connectivity index (χ0) is 26.4. The minimum Gasteiger partial charge on any atom is -0.398 e. The van der Waals surface area contributed by atoms with Crippen LogP contribution in [0, 0.1) is 11.7 Å². The second-order valence-corrected chi connectivity index (χ2v) is 11.2. The van der Waals surface area contributed by atoms with Gasteiger partial charge in [0, 0.05) is 23.9 Å². The van der Waals surface area contributed by atoms with Crippen LogP contribution in [0.25, 0.3) is 0 Å². The number of nitrogens with zero attached hydrogens (tertiary/aromatic N) is 1. The van der Waals surface area contributed by atoms with Crippen molar-refractivity contribution in [2.45, 2.75) is 48.8 Å². The summed E-state index contributed by atoms with van der Waals surface area (Å²) in [5, 5.41) is 2.75. The smallest absolute Gasteiger partial charge is 0.398 e. The maximum absolute atomic E-state index is 14.7. The van der Waals surface area contributed by atoms with E-state index in [1.165, 1.54) is 23.1 Å². The van der Waals surface area contributed by atoms with Crippen LogP contribution >= 0.6 is 0 Å². The summed E-state index contributed by atoms with van der Waals surface area (Å²) >= 11 is 0. The van der Waals surface area contributed by atoms with Crippen molar-refractivity contribution in [1.82, 2.24) is 10.2 Å². The van der Waals surface area contributed by atoms with Gasteiger partial charge < -0.3 is 16.0 Å². The first-order chi connectivity index (χ1) is 16.8. The highest BCUT2D eigenvalue weighted by Crippen LogP contribution is 2.43. The van der Waals surface area contributed by atoms with E-state index in [1.54, 1.807) is 0 Å². The van der Waals surface area contributed by atoms with Gasteiger partial charge in [0.25, 0.3) is 5.91 Å². The third-order valence-corrected chi connectivity index (χ3v) is 7.68. The predicted octanol–water partition coefficient (Wildman–Crippen LogP) is 3.70. The second-order valence-electron chi connectivity index (χ2n) is 9.24. The molecule has 2 aliphatic rings. The Morgan fingerprint density at radius 3 is 2.39 bits per heavy atom. The standard InChI is InChI=1S/C24H25F4N3O4S/c1-36(34,35)20-11-14(6-9-18(20)29)23(33)31-10-2-3-19(31)22(32)30-21(13-4-5-13)16-8-7-15(12-17(16)25)24(26,27)28/h6-9,11-13,19,21H,2-5,10,29H2,1H3,(H,30,32)/t19-,21-/m1/s1. The number of halogens is 4. The van der Waals surface area contributed by atoms with Gasteiger partial charge in [-0.15, -0.1) is 0 Å². The molecule has 194 valence electrons. The molecule has 2 amide bonds. The minimum absolute atomic E-state index is 0.00407. The molecule has 2 atom stereocenters. The quantitative estimate of drug-likeness (QED) is 0.440. The molecule has 36 heavy (non-hydrogen) atoms. The van der Waals surface area contributed by atoms with E-state index in [0.29, 0.717) is 31.7 Å². The molecule has 1 heterocycles. The number of carbonyl (C=O) groups excluding carboxylic acids is 2. The van der Waals surface area contributed by atoms with Crippen LogP contribution < -0.4 is 11.1 Å². The van der Waals surface area contributed by atoms with Gasteiger partial charge in [0.15, 0.2) is 9.84 Å². The molecule has 7 nitrogen and oxygen atoms in total. The molecule has 0 unspecified atom stereocenters. The Hall–Kier alpha value is -3.15. The first kappa shape index (κ1) is 25.9. The normalized spacial score (nSPS) is 19.2. The number of hydrogen-bond acceptors (Lipinski definition) is 5. The number of hydrogen-bond donors (Lipinski definition) is 2. The number of rotatable bonds is 6. The molecule has 2 fully saturated rings. The fourth-order valence-electron chi connectivity index (χ4n) is 4.52. The fraction of sp³-hybridized carbons (Fsp3) is 0.417. The Kier molecular flexibility index (Phi) is 6.76. The van der Waals surface area contributed by atoms with Crippen LogP contribution in [-0.4, -0.2) is 44.0 Å². The number of nitrogen functional groups attached to an aromatic ring is 1. The number of likely N-dealkylation sites (tertiary alicyclic amines) is 1. The Morgan fingerprint density at radius 1 is 1.11 bits per heavy atom. The van der Waals surface area contributed by atoms with Crippen molar-refractivity contribution >= 4 is 27.3 Å². The van der Waals surface area contributed by atoms with Crippen LogP contribution in [0.2, 0.25) is 0 Å². The summed E-state index contributed by atoms with van der Waals surface area (Å²) in [6.45, 7) is 0.248. The Balaban J connectivity index is 1.55. The Bertz CT molecular complexity index is 1310. The summed E-state index contributed by atoms with van der Waals surface area (Å²) in [5.41, 5.74) is 4.63. The summed E-state index contributed by atoms with van der Waals surface area (Å²) < 4.78 is 77.5. The summed E-state index contributed by atoms with van der Waals surface area (Å²) in [4.78, 5) is 27.5. The lowest BCUT2D eigenvalue weighted by Gasteiger charge is -2.27. The van der Waals surface area contributed by atoms with Crippen molar-refractivity contribution in [3.8, 4) is 0 Å². The Morgan fingerprint density at radius 2 is 1.81 bits per heavy atom. The van der Waals surface area contributed by atoms with Crippen LogP contribution in [0.5, 0.6) is 0 Å². The van der Waals surface area contributed by atoms with Crippen molar-refractivity contribution in [2.24, 2.45) is 5.92 Å². The zero-order valence-corrected chi connectivity index (χ0v) is 20.1. The lowest BCUT2D eigenvalue weighted by molar-refractivity contribution is -0.137. The number of anilines is 1. The first-order valence-corrected chi connectivity index (χ1v) is 13.2. The van der Waals surface area contributed by atoms with Crippen molar-refractivity contribution in [3.63, 3.8) is 0 Å². The third-order valence-electron chi connectivity index (χ3n) is 6.53. The topological polar surface area (TPSA) is 110 Å². The molecule has 1 saturated heterocycles. The van der Waals surface area contributed by atoms with E-state index in [-0.39, 0.29) is 34.2 Å². The van der Waals surface area contributed by atoms with E-state index in [0.717, 1.165) is 18.4 Å². The van der Waals surface area contributed by atoms with Gasteiger partial charge in [0.05, 0.1) is 22.2 Å². The van der Waals surface area contributed by atoms with E-state index in [2.05, 4.69) is 5.32 Å². The number of benzene rings is 2. The molecule has 2 aromatic carbocycles. The van der Waals surface area contributed by atoms with Gasteiger partial charge in [-0.05, 0) is 61.9 Å². The molecular formula is C24H25F4N3O4S. The molecule has 4 rings (SSSR count). The number of alkyl halides is 3. The van der Waals surface area contributed by atoms with Crippen molar-refractivity contribution in [3.05, 3.63) is 58.9 Å². The SMILES string of the molecule is CS(=O)(=O)c1cc(C(=O)N2CCC[C@@H]2C(=O)N[C@@H](c2ccc(C(F)(F)F)cc2F)C2CC2)ccc1N. The van der Waals surface area contributed by atoms with Crippen LogP contribution in [0.15, 0.2) is 41.3 Å². The van der Waals surface area contributed by atoms with Gasteiger partial charge in [0.2, 0.25) is 5.91 Å². The van der Waals surface area contributed by atoms with E-state index in [4.69, 9.17) is 5.73 Å². The van der Waals surface area contributed by atoms with Crippen LogP contribution in [0.4, 0.5) is 23.2 Å². The molecule has 0 spiro atoms. The van der Waals surface area contributed by atoms with Gasteiger partial charge in [-0.3, -0.25) is 9.59 Å². The fourth-order valence-corrected chi connectivity index (χ4v) is 5.36. The van der Waals surface area contributed by atoms with Gasteiger partial charge in [-0.1, -0.05) is 6.07 Å². The maximum atomic E-state index is 14.7. The molecule has 0 radical (unpaired) electrons. The van der Waals surface area contributed by atoms with Gasteiger partial charge in [0.1, 0.15) is 11.9 Å². The Labute approximate surface area is 205 Å². The number of carbonyl (C=O) groups is 2. The van der Waals surface area contributed by atoms with Gasteiger partial charge in [-0.25, -0.2) is 12.8 Å². The van der Waals surface area contributed by atoms with E-state index in [1.807, 2.05) is 0 Å². The van der Waals surface area contributed by atoms with E-state index in [9.17, 15) is 35.6 Å². The summed E-state index contributed by atoms with van der Waals surface area (Å²) in [7, 11) is -3.69.